The SMILES string of the molecule is N#CCNC(=O)c1ccc(Nc2nccn3c(-c4cn(CC#N)nc4C(F)(F)F)cnc23)cc1Cl. The zero-order valence-corrected chi connectivity index (χ0v) is 18.3. The molecule has 0 atom stereocenters. The maximum absolute atomic E-state index is 13.6. The van der Waals surface area contributed by atoms with E-state index in [1.807, 2.05) is 0 Å². The van der Waals surface area contributed by atoms with Crippen LogP contribution in [0.2, 0.25) is 5.02 Å². The molecule has 0 radical (unpaired) electrons. The molecule has 2 N–H and O–H groups in total. The molecule has 0 aliphatic heterocycles. The van der Waals surface area contributed by atoms with Crippen LogP contribution in [0.5, 0.6) is 0 Å². The number of hydrogen-bond acceptors (Lipinski definition) is 7. The predicted molar refractivity (Wildman–Crippen MR) is 118 cm³/mol. The fourth-order valence-corrected chi connectivity index (χ4v) is 3.57. The van der Waals surface area contributed by atoms with E-state index in [0.717, 1.165) is 10.9 Å². The third-order valence-corrected chi connectivity index (χ3v) is 5.08. The third-order valence-electron chi connectivity index (χ3n) is 4.77. The van der Waals surface area contributed by atoms with Crippen LogP contribution in [0.3, 0.4) is 0 Å². The molecule has 0 saturated carbocycles. The lowest BCUT2D eigenvalue weighted by Gasteiger charge is -2.10. The molecule has 1 aromatic carbocycles. The fourth-order valence-electron chi connectivity index (χ4n) is 3.31. The van der Waals surface area contributed by atoms with Crippen molar-refractivity contribution >= 4 is 34.7 Å². The van der Waals surface area contributed by atoms with Gasteiger partial charge >= 0.3 is 6.18 Å². The van der Waals surface area contributed by atoms with Gasteiger partial charge < -0.3 is 10.6 Å². The van der Waals surface area contributed by atoms with Crippen molar-refractivity contribution in [3.63, 3.8) is 0 Å². The summed E-state index contributed by atoms with van der Waals surface area (Å²) in [6.45, 7) is -0.520. The molecule has 4 aromatic rings. The van der Waals surface area contributed by atoms with E-state index in [4.69, 9.17) is 22.1 Å². The predicted octanol–water partition coefficient (Wildman–Crippen LogP) is 3.79. The highest BCUT2D eigenvalue weighted by molar-refractivity contribution is 6.34. The van der Waals surface area contributed by atoms with Crippen LogP contribution < -0.4 is 10.6 Å². The number of carbonyl (C=O) groups excluding carboxylic acids is 1. The largest absolute Gasteiger partial charge is 0.435 e. The number of imidazole rings is 1. The summed E-state index contributed by atoms with van der Waals surface area (Å²) in [4.78, 5) is 20.5. The van der Waals surface area contributed by atoms with Crippen LogP contribution in [0.15, 0.2) is 43.0 Å². The number of nitrogens with zero attached hydrogens (tertiary/aromatic N) is 7. The Kier molecular flexibility index (Phi) is 6.27. The van der Waals surface area contributed by atoms with Gasteiger partial charge in [0.15, 0.2) is 17.2 Å². The average Bonchev–Trinajstić information content (AvgIpc) is 3.42. The summed E-state index contributed by atoms with van der Waals surface area (Å²) in [5, 5.41) is 26.4. The number of halogens is 4. The Balaban J connectivity index is 1.70. The van der Waals surface area contributed by atoms with Crippen molar-refractivity contribution in [1.82, 2.24) is 29.5 Å². The first kappa shape index (κ1) is 23.5. The molecule has 0 aliphatic carbocycles. The maximum atomic E-state index is 13.6. The number of nitrogens with one attached hydrogen (secondary N) is 2. The van der Waals surface area contributed by atoms with Gasteiger partial charge in [0, 0.05) is 24.3 Å². The van der Waals surface area contributed by atoms with Crippen molar-refractivity contribution in [3.05, 3.63) is 59.3 Å². The molecule has 1 amide bonds. The van der Waals surface area contributed by atoms with Crippen molar-refractivity contribution in [2.24, 2.45) is 0 Å². The van der Waals surface area contributed by atoms with Crippen molar-refractivity contribution in [1.29, 1.82) is 10.5 Å². The van der Waals surface area contributed by atoms with Crippen molar-refractivity contribution < 1.29 is 18.0 Å². The van der Waals surface area contributed by atoms with Gasteiger partial charge in [-0.25, -0.2) is 9.97 Å². The first-order valence-corrected chi connectivity index (χ1v) is 10.2. The minimum atomic E-state index is -4.74. The number of amides is 1. The molecule has 176 valence electrons. The minimum absolute atomic E-state index is 0.101. The number of anilines is 2. The molecular weight excluding hydrogens is 487 g/mol. The molecule has 0 spiro atoms. The monoisotopic (exact) mass is 499 g/mol. The summed E-state index contributed by atoms with van der Waals surface area (Å²) in [5.74, 6) is -0.298. The van der Waals surface area contributed by atoms with Crippen LogP contribution in [-0.2, 0) is 12.7 Å². The molecule has 14 heteroatoms. The molecular formula is C21H13ClF3N9O. The summed E-state index contributed by atoms with van der Waals surface area (Å²) < 4.78 is 43.1. The lowest BCUT2D eigenvalue weighted by Crippen LogP contribution is -2.23. The summed E-state index contributed by atoms with van der Waals surface area (Å²) in [6.07, 6.45) is 0.463. The van der Waals surface area contributed by atoms with Crippen LogP contribution >= 0.6 is 11.6 Å². The van der Waals surface area contributed by atoms with Crippen LogP contribution in [0.1, 0.15) is 16.1 Å². The van der Waals surface area contributed by atoms with Crippen LogP contribution in [-0.4, -0.2) is 36.6 Å². The Morgan fingerprint density at radius 3 is 2.69 bits per heavy atom. The number of rotatable bonds is 6. The number of benzene rings is 1. The summed E-state index contributed by atoms with van der Waals surface area (Å²) in [5.41, 5.74) is -0.461. The Hall–Kier alpha value is -4.62. The molecule has 0 aliphatic rings. The molecule has 4 rings (SSSR count). The quantitative estimate of drug-likeness (QED) is 0.385. The second-order valence-electron chi connectivity index (χ2n) is 7.02. The normalized spacial score (nSPS) is 11.1. The van der Waals surface area contributed by atoms with Gasteiger partial charge in [-0.2, -0.15) is 28.8 Å². The fraction of sp³-hybridized carbons (Fsp3) is 0.143. The number of carbonyl (C=O) groups is 1. The van der Waals surface area contributed by atoms with Crippen molar-refractivity contribution in [2.45, 2.75) is 12.7 Å². The molecule has 35 heavy (non-hydrogen) atoms. The Morgan fingerprint density at radius 1 is 1.20 bits per heavy atom. The maximum Gasteiger partial charge on any atom is 0.435 e. The molecule has 10 nitrogen and oxygen atoms in total. The number of aromatic nitrogens is 5. The van der Waals surface area contributed by atoms with Crippen molar-refractivity contribution in [3.8, 4) is 23.4 Å². The van der Waals surface area contributed by atoms with E-state index in [-0.39, 0.29) is 46.4 Å². The molecule has 3 heterocycles. The van der Waals surface area contributed by atoms with Gasteiger partial charge in [-0.15, -0.1) is 0 Å². The summed E-state index contributed by atoms with van der Waals surface area (Å²) >= 11 is 6.20. The molecule has 3 aromatic heterocycles. The smallest absolute Gasteiger partial charge is 0.339 e. The van der Waals surface area contributed by atoms with Gasteiger partial charge in [0.2, 0.25) is 0 Å². The van der Waals surface area contributed by atoms with Crippen LogP contribution in [0.25, 0.3) is 16.9 Å². The van der Waals surface area contributed by atoms with E-state index in [1.54, 1.807) is 18.2 Å². The van der Waals surface area contributed by atoms with Gasteiger partial charge in [-0.1, -0.05) is 11.6 Å². The second-order valence-corrected chi connectivity index (χ2v) is 7.43. The number of hydrogen-bond donors (Lipinski definition) is 2. The summed E-state index contributed by atoms with van der Waals surface area (Å²) in [7, 11) is 0. The van der Waals surface area contributed by atoms with E-state index >= 15 is 0 Å². The van der Waals surface area contributed by atoms with Crippen LogP contribution in [0, 0.1) is 22.7 Å². The first-order valence-electron chi connectivity index (χ1n) is 9.78. The van der Waals surface area contributed by atoms with E-state index in [9.17, 15) is 18.0 Å². The molecule has 0 unspecified atom stereocenters. The minimum Gasteiger partial charge on any atom is -0.339 e. The lowest BCUT2D eigenvalue weighted by molar-refractivity contribution is -0.141. The number of alkyl halides is 3. The van der Waals surface area contributed by atoms with E-state index in [0.29, 0.717) is 5.69 Å². The molecule has 0 saturated heterocycles. The van der Waals surface area contributed by atoms with Crippen molar-refractivity contribution in [2.75, 3.05) is 11.9 Å². The van der Waals surface area contributed by atoms with Gasteiger partial charge in [-0.05, 0) is 18.2 Å². The first-order chi connectivity index (χ1) is 16.7. The van der Waals surface area contributed by atoms with E-state index in [2.05, 4.69) is 25.7 Å². The zero-order chi connectivity index (χ0) is 25.2. The molecule has 0 bridgehead atoms. The van der Waals surface area contributed by atoms with Gasteiger partial charge in [0.25, 0.3) is 5.91 Å². The van der Waals surface area contributed by atoms with Crippen LogP contribution in [0.4, 0.5) is 24.7 Å². The third kappa shape index (κ3) is 4.71. The van der Waals surface area contributed by atoms with E-state index < -0.39 is 17.8 Å². The number of fused-ring (bicyclic) bond motifs is 1. The number of nitriles is 2. The van der Waals surface area contributed by atoms with Gasteiger partial charge in [0.1, 0.15) is 13.1 Å². The average molecular weight is 500 g/mol. The topological polar surface area (TPSA) is 137 Å². The van der Waals surface area contributed by atoms with E-state index in [1.165, 1.54) is 35.1 Å². The Bertz CT molecular complexity index is 1510. The second kappa shape index (κ2) is 9.32. The summed E-state index contributed by atoms with van der Waals surface area (Å²) in [6, 6.07) is 8.02. The standard InChI is InChI=1S/C21H13ClF3N9O/c22-15-9-12(1-2-13(15)20(35)29-5-3-26)31-18-19-30-10-16(34(19)8-6-28-18)14-11-33(7-4-27)32-17(14)21(23,24)25/h1-2,6,8-11H,5,7H2,(H,28,31)(H,29,35). The van der Waals surface area contributed by atoms with Gasteiger partial charge in [0.05, 0.1) is 40.2 Å². The lowest BCUT2D eigenvalue weighted by atomic mass is 10.2. The highest BCUT2D eigenvalue weighted by atomic mass is 35.5. The highest BCUT2D eigenvalue weighted by Gasteiger charge is 2.38. The Labute approximate surface area is 200 Å². The molecule has 0 fully saturated rings. The zero-order valence-electron chi connectivity index (χ0n) is 17.5. The Morgan fingerprint density at radius 2 is 2.00 bits per heavy atom. The highest BCUT2D eigenvalue weighted by Crippen LogP contribution is 2.37. The van der Waals surface area contributed by atoms with Gasteiger partial charge in [-0.3, -0.25) is 13.9 Å².